The number of hydrogen-bond donors (Lipinski definition) is 0. The first-order valence-electron chi connectivity index (χ1n) is 2.90. The second-order valence-corrected chi connectivity index (χ2v) is 1.90. The smallest absolute Gasteiger partial charge is 0.253 e. The lowest BCUT2D eigenvalue weighted by Gasteiger charge is -1.98. The van der Waals surface area contributed by atoms with E-state index in [2.05, 4.69) is 11.6 Å². The van der Waals surface area contributed by atoms with Crippen LogP contribution in [0, 0.1) is 0 Å². The van der Waals surface area contributed by atoms with Gasteiger partial charge in [0.15, 0.2) is 0 Å². The molecule has 0 atom stereocenters. The van der Waals surface area contributed by atoms with Crippen LogP contribution in [0.15, 0.2) is 23.6 Å². The predicted octanol–water partition coefficient (Wildman–Crippen LogP) is 0.423. The van der Waals surface area contributed by atoms with Crippen molar-refractivity contribution in [1.29, 1.82) is 0 Å². The molecule has 0 aromatic carbocycles. The molecule has 1 heterocycles. The molecule has 0 N–H and O–H groups in total. The highest BCUT2D eigenvalue weighted by Gasteiger charge is 1.92. The Morgan fingerprint density at radius 2 is 2.50 bits per heavy atom. The number of nitrogens with zero attached hydrogens (tertiary/aromatic N) is 2. The molecule has 0 radical (unpaired) electrons. The molecule has 0 amide bonds. The van der Waals surface area contributed by atoms with Gasteiger partial charge in [-0.1, -0.05) is 6.58 Å². The minimum Gasteiger partial charge on any atom is -0.296 e. The third kappa shape index (κ3) is 0.978. The lowest BCUT2D eigenvalue weighted by molar-refractivity contribution is 0.810. The second kappa shape index (κ2) is 2.47. The van der Waals surface area contributed by atoms with E-state index in [0.29, 0.717) is 5.82 Å². The first kappa shape index (κ1) is 6.74. The van der Waals surface area contributed by atoms with Gasteiger partial charge < -0.3 is 0 Å². The van der Waals surface area contributed by atoms with Crippen molar-refractivity contribution >= 4 is 6.08 Å². The SMILES string of the molecule is C=Cc1nccc(=O)n1C. The Balaban J connectivity index is 3.41. The molecule has 1 aromatic rings. The Morgan fingerprint density at radius 3 is 3.00 bits per heavy atom. The van der Waals surface area contributed by atoms with Crippen LogP contribution in [0.25, 0.3) is 6.08 Å². The van der Waals surface area contributed by atoms with Crippen molar-refractivity contribution in [3.63, 3.8) is 0 Å². The van der Waals surface area contributed by atoms with Gasteiger partial charge in [0, 0.05) is 19.3 Å². The maximum Gasteiger partial charge on any atom is 0.253 e. The van der Waals surface area contributed by atoms with Crippen molar-refractivity contribution in [3.8, 4) is 0 Å². The molecule has 10 heavy (non-hydrogen) atoms. The van der Waals surface area contributed by atoms with E-state index < -0.39 is 0 Å². The van der Waals surface area contributed by atoms with Crippen LogP contribution in [0.4, 0.5) is 0 Å². The van der Waals surface area contributed by atoms with E-state index in [1.165, 1.54) is 16.8 Å². The summed E-state index contributed by atoms with van der Waals surface area (Å²) in [5, 5.41) is 0. The molecular weight excluding hydrogens is 128 g/mol. The van der Waals surface area contributed by atoms with Gasteiger partial charge in [-0.25, -0.2) is 4.98 Å². The molecule has 3 heteroatoms. The van der Waals surface area contributed by atoms with Crippen LogP contribution in [0.1, 0.15) is 5.82 Å². The average molecular weight is 136 g/mol. The summed E-state index contributed by atoms with van der Waals surface area (Å²) in [5.41, 5.74) is -0.0649. The molecule has 52 valence electrons. The Hall–Kier alpha value is -1.38. The van der Waals surface area contributed by atoms with E-state index in [4.69, 9.17) is 0 Å². The van der Waals surface area contributed by atoms with Crippen LogP contribution < -0.4 is 5.56 Å². The predicted molar refractivity (Wildman–Crippen MR) is 39.6 cm³/mol. The van der Waals surface area contributed by atoms with Crippen molar-refractivity contribution in [2.45, 2.75) is 0 Å². The van der Waals surface area contributed by atoms with Crippen LogP contribution in [0.2, 0.25) is 0 Å². The molecular formula is C7H8N2O. The van der Waals surface area contributed by atoms with Crippen molar-refractivity contribution in [1.82, 2.24) is 9.55 Å². The fourth-order valence-corrected chi connectivity index (χ4v) is 0.678. The molecule has 1 aromatic heterocycles. The zero-order valence-corrected chi connectivity index (χ0v) is 5.74. The zero-order chi connectivity index (χ0) is 7.56. The average Bonchev–Trinajstić information content (AvgIpc) is 1.95. The summed E-state index contributed by atoms with van der Waals surface area (Å²) >= 11 is 0. The first-order valence-corrected chi connectivity index (χ1v) is 2.90. The lowest BCUT2D eigenvalue weighted by Crippen LogP contribution is -2.18. The van der Waals surface area contributed by atoms with Gasteiger partial charge in [-0.15, -0.1) is 0 Å². The third-order valence-electron chi connectivity index (χ3n) is 1.28. The Kier molecular flexibility index (Phi) is 1.67. The molecule has 0 unspecified atom stereocenters. The monoisotopic (exact) mass is 136 g/mol. The summed E-state index contributed by atoms with van der Waals surface area (Å²) < 4.78 is 1.44. The fourth-order valence-electron chi connectivity index (χ4n) is 0.678. The van der Waals surface area contributed by atoms with Gasteiger partial charge in [-0.3, -0.25) is 9.36 Å². The Morgan fingerprint density at radius 1 is 1.80 bits per heavy atom. The molecule has 0 saturated heterocycles. The fraction of sp³-hybridized carbons (Fsp3) is 0.143. The number of hydrogen-bond acceptors (Lipinski definition) is 2. The van der Waals surface area contributed by atoms with Gasteiger partial charge in [0.05, 0.1) is 0 Å². The van der Waals surface area contributed by atoms with Gasteiger partial charge in [0.25, 0.3) is 5.56 Å². The highest BCUT2D eigenvalue weighted by atomic mass is 16.1. The van der Waals surface area contributed by atoms with Crippen LogP contribution in [-0.4, -0.2) is 9.55 Å². The molecule has 0 spiro atoms. The molecule has 1 rings (SSSR count). The summed E-state index contributed by atoms with van der Waals surface area (Å²) in [6, 6.07) is 1.41. The first-order chi connectivity index (χ1) is 4.75. The second-order valence-electron chi connectivity index (χ2n) is 1.90. The molecule has 0 aliphatic heterocycles. The van der Waals surface area contributed by atoms with E-state index in [0.717, 1.165) is 0 Å². The van der Waals surface area contributed by atoms with Gasteiger partial charge in [0.2, 0.25) is 0 Å². The summed E-state index contributed by atoms with van der Waals surface area (Å²) in [5.74, 6) is 0.590. The highest BCUT2D eigenvalue weighted by Crippen LogP contribution is 1.87. The summed E-state index contributed by atoms with van der Waals surface area (Å²) in [4.78, 5) is 14.8. The molecule has 0 saturated carbocycles. The van der Waals surface area contributed by atoms with Crippen LogP contribution >= 0.6 is 0 Å². The molecule has 0 aliphatic rings. The van der Waals surface area contributed by atoms with Crippen LogP contribution in [0.5, 0.6) is 0 Å². The van der Waals surface area contributed by atoms with E-state index >= 15 is 0 Å². The van der Waals surface area contributed by atoms with Crippen molar-refractivity contribution in [3.05, 3.63) is 35.0 Å². The quantitative estimate of drug-likeness (QED) is 0.561. The van der Waals surface area contributed by atoms with Gasteiger partial charge in [-0.05, 0) is 6.08 Å². The maximum atomic E-state index is 10.9. The summed E-state index contributed by atoms with van der Waals surface area (Å²) in [6.45, 7) is 3.51. The summed E-state index contributed by atoms with van der Waals surface area (Å²) in [7, 11) is 1.66. The standard InChI is InChI=1S/C7H8N2O/c1-3-6-8-5-4-7(10)9(6)2/h3-5H,1H2,2H3. The third-order valence-corrected chi connectivity index (χ3v) is 1.28. The Labute approximate surface area is 58.6 Å². The highest BCUT2D eigenvalue weighted by molar-refractivity contribution is 5.35. The van der Waals surface area contributed by atoms with E-state index in [9.17, 15) is 4.79 Å². The van der Waals surface area contributed by atoms with E-state index in [1.54, 1.807) is 13.1 Å². The molecule has 0 aliphatic carbocycles. The molecule has 0 fully saturated rings. The Bertz CT molecular complexity index is 301. The minimum absolute atomic E-state index is 0.0649. The van der Waals surface area contributed by atoms with Crippen molar-refractivity contribution < 1.29 is 0 Å². The molecule has 3 nitrogen and oxygen atoms in total. The lowest BCUT2D eigenvalue weighted by atomic mass is 10.5. The zero-order valence-electron chi connectivity index (χ0n) is 5.74. The van der Waals surface area contributed by atoms with E-state index in [1.807, 2.05) is 0 Å². The van der Waals surface area contributed by atoms with E-state index in [-0.39, 0.29) is 5.56 Å². The number of aromatic nitrogens is 2. The normalized spacial score (nSPS) is 9.30. The molecule has 0 bridgehead atoms. The van der Waals surface area contributed by atoms with Crippen LogP contribution in [0.3, 0.4) is 0 Å². The summed E-state index contributed by atoms with van der Waals surface area (Å²) in [6.07, 6.45) is 3.01. The maximum absolute atomic E-state index is 10.9. The topological polar surface area (TPSA) is 34.9 Å². The minimum atomic E-state index is -0.0649. The largest absolute Gasteiger partial charge is 0.296 e. The van der Waals surface area contributed by atoms with Crippen molar-refractivity contribution in [2.24, 2.45) is 7.05 Å². The van der Waals surface area contributed by atoms with Gasteiger partial charge in [-0.2, -0.15) is 0 Å². The van der Waals surface area contributed by atoms with Gasteiger partial charge in [0.1, 0.15) is 5.82 Å². The van der Waals surface area contributed by atoms with Gasteiger partial charge >= 0.3 is 0 Å². The van der Waals surface area contributed by atoms with Crippen LogP contribution in [-0.2, 0) is 7.05 Å². The van der Waals surface area contributed by atoms with Crippen molar-refractivity contribution in [2.75, 3.05) is 0 Å². The number of rotatable bonds is 1.